The van der Waals surface area contributed by atoms with Crippen LogP contribution in [-0.2, 0) is 20.3 Å². The molecule has 4 aromatic rings. The number of carbonyl (C=O) groups is 1. The van der Waals surface area contributed by atoms with Crippen LogP contribution in [0.4, 0.5) is 10.3 Å². The van der Waals surface area contributed by atoms with Crippen molar-refractivity contribution in [3.8, 4) is 5.69 Å². The molecule has 0 saturated carbocycles. The van der Waals surface area contributed by atoms with Crippen LogP contribution in [0.3, 0.4) is 0 Å². The predicted octanol–water partition coefficient (Wildman–Crippen LogP) is 3.73. The maximum absolute atomic E-state index is 14.2. The zero-order valence-corrected chi connectivity index (χ0v) is 23.7. The third kappa shape index (κ3) is 6.69. The predicted molar refractivity (Wildman–Crippen MR) is 154 cm³/mol. The molecule has 214 valence electrons. The number of fused-ring (bicyclic) bond motifs is 1. The molecule has 0 bridgehead atoms. The average Bonchev–Trinajstić information content (AvgIpc) is 3.54. The molecule has 1 aromatic heterocycles. The molecule has 9 nitrogen and oxygen atoms in total. The van der Waals surface area contributed by atoms with Gasteiger partial charge in [-0.1, -0.05) is 36.4 Å². The minimum atomic E-state index is -1.08. The van der Waals surface area contributed by atoms with Crippen LogP contribution in [0.5, 0.6) is 0 Å². The monoisotopic (exact) mass is 586 g/mol. The second-order valence-corrected chi connectivity index (χ2v) is 10.8. The molecule has 0 radical (unpaired) electrons. The zero-order valence-electron chi connectivity index (χ0n) is 22.9. The number of rotatable bonds is 9. The number of benzene rings is 3. The second-order valence-electron chi connectivity index (χ2n) is 9.45. The lowest BCUT2D eigenvalue weighted by Gasteiger charge is -2.14. The molecule has 1 aliphatic rings. The van der Waals surface area contributed by atoms with Gasteiger partial charge in [-0.2, -0.15) is 4.99 Å². The zero-order chi connectivity index (χ0) is 29.6. The largest absolute Gasteiger partial charge is 0.598 e. The van der Waals surface area contributed by atoms with Crippen LogP contribution in [0.15, 0.2) is 99.0 Å². The SMILES string of the molecule is CC1=C(CC(=O)NCCO/C([O-])=N/c2c[n+](-c3ccccc3)no2)c2cc(F)ccc2/C1=C\c1ccc(S(C)=O)cc1. The van der Waals surface area contributed by atoms with Gasteiger partial charge in [-0.15, -0.1) is 0 Å². The topological polar surface area (TPSA) is 121 Å². The number of halogens is 1. The lowest BCUT2D eigenvalue weighted by atomic mass is 10.0. The molecule has 0 fully saturated rings. The van der Waals surface area contributed by atoms with Crippen molar-refractivity contribution < 1.29 is 32.4 Å². The Morgan fingerprint density at radius 2 is 1.90 bits per heavy atom. The van der Waals surface area contributed by atoms with Crippen LogP contribution < -0.4 is 15.1 Å². The van der Waals surface area contributed by atoms with Crippen LogP contribution in [0.2, 0.25) is 0 Å². The molecule has 11 heteroatoms. The Hall–Kier alpha value is -4.90. The third-order valence-corrected chi connectivity index (χ3v) is 7.58. The van der Waals surface area contributed by atoms with E-state index in [9.17, 15) is 18.5 Å². The number of hydrogen-bond donors (Lipinski definition) is 1. The van der Waals surface area contributed by atoms with Gasteiger partial charge in [-0.05, 0) is 75.4 Å². The number of amides is 1. The van der Waals surface area contributed by atoms with E-state index >= 15 is 0 Å². The highest BCUT2D eigenvalue weighted by atomic mass is 32.2. The molecule has 5 rings (SSSR count). The molecule has 1 unspecified atom stereocenters. The molecule has 0 saturated heterocycles. The fourth-order valence-corrected chi connectivity index (χ4v) is 5.09. The Morgan fingerprint density at radius 1 is 1.14 bits per heavy atom. The van der Waals surface area contributed by atoms with E-state index < -0.39 is 22.7 Å². The van der Waals surface area contributed by atoms with Crippen molar-refractivity contribution in [1.82, 2.24) is 10.6 Å². The standard InChI is InChI=1S/C31H27FN4O5S/c1-20-26(16-21-8-11-24(12-9-21)42(2)39)25-13-10-22(32)17-28(25)27(20)18-29(37)33-14-15-40-31(38)34-30-19-36(35-41-30)23-6-4-3-5-7-23/h3-13,16-17,19H,14-15,18H2,1-2H3,(H-,33,34,35,37,38)/b26-16-. The van der Waals surface area contributed by atoms with Crippen molar-refractivity contribution in [3.05, 3.63) is 107 Å². The molecule has 0 spiro atoms. The number of nitrogens with zero attached hydrogens (tertiary/aromatic N) is 3. The summed E-state index contributed by atoms with van der Waals surface area (Å²) in [4.78, 5) is 17.2. The average molecular weight is 587 g/mol. The van der Waals surface area contributed by atoms with E-state index in [1.54, 1.807) is 12.3 Å². The van der Waals surface area contributed by atoms with Crippen molar-refractivity contribution >= 4 is 45.9 Å². The highest BCUT2D eigenvalue weighted by molar-refractivity contribution is 7.84. The minimum absolute atomic E-state index is 0.0171. The number of nitrogens with one attached hydrogen (secondary N) is 1. The number of aliphatic imine (C=N–C) groups is 1. The Labute approximate surface area is 244 Å². The Balaban J connectivity index is 1.20. The maximum atomic E-state index is 14.2. The maximum Gasteiger partial charge on any atom is 0.323 e. The first kappa shape index (κ1) is 28.6. The van der Waals surface area contributed by atoms with Gasteiger partial charge < -0.3 is 15.2 Å². The quantitative estimate of drug-likeness (QED) is 0.138. The Kier molecular flexibility index (Phi) is 8.68. The second kappa shape index (κ2) is 12.7. The fourth-order valence-electron chi connectivity index (χ4n) is 4.57. The molecule has 0 aliphatic heterocycles. The van der Waals surface area contributed by atoms with Gasteiger partial charge in [0.2, 0.25) is 16.9 Å². The smallest absolute Gasteiger partial charge is 0.323 e. The van der Waals surface area contributed by atoms with Crippen molar-refractivity contribution in [2.24, 2.45) is 4.99 Å². The molecule has 3 aromatic carbocycles. The van der Waals surface area contributed by atoms with Crippen LogP contribution in [0, 0.1) is 5.82 Å². The number of allylic oxidation sites excluding steroid dienone is 2. The first-order valence-corrected chi connectivity index (χ1v) is 14.6. The molecule has 1 N–H and O–H groups in total. The molecule has 1 aliphatic carbocycles. The highest BCUT2D eigenvalue weighted by Crippen LogP contribution is 2.43. The van der Waals surface area contributed by atoms with Gasteiger partial charge in [0.25, 0.3) is 6.20 Å². The van der Waals surface area contributed by atoms with E-state index in [1.165, 1.54) is 23.0 Å². The van der Waals surface area contributed by atoms with Crippen molar-refractivity contribution in [2.45, 2.75) is 18.2 Å². The summed E-state index contributed by atoms with van der Waals surface area (Å²) in [5.74, 6) is -0.725. The molecule has 1 amide bonds. The summed E-state index contributed by atoms with van der Waals surface area (Å²) in [6, 6.07) is 21.1. The number of aromatic nitrogens is 2. The van der Waals surface area contributed by atoms with E-state index in [2.05, 4.69) is 15.6 Å². The van der Waals surface area contributed by atoms with Crippen molar-refractivity contribution in [1.29, 1.82) is 0 Å². The number of carbonyl (C=O) groups excluding carboxylic acids is 1. The number of ether oxygens (including phenoxy) is 1. The van der Waals surface area contributed by atoms with Gasteiger partial charge in [0.1, 0.15) is 5.82 Å². The lowest BCUT2D eigenvalue weighted by molar-refractivity contribution is -0.670. The summed E-state index contributed by atoms with van der Waals surface area (Å²) < 4.78 is 37.5. The summed E-state index contributed by atoms with van der Waals surface area (Å²) in [5.41, 5.74) is 5.58. The molecular formula is C31H27FN4O5S. The molecule has 42 heavy (non-hydrogen) atoms. The first-order valence-electron chi connectivity index (χ1n) is 13.0. The molecular weight excluding hydrogens is 559 g/mol. The molecule has 1 heterocycles. The van der Waals surface area contributed by atoms with Crippen molar-refractivity contribution in [2.75, 3.05) is 19.4 Å². The molecule has 1 atom stereocenters. The van der Waals surface area contributed by atoms with Crippen LogP contribution in [0.25, 0.3) is 22.9 Å². The van der Waals surface area contributed by atoms with Gasteiger partial charge in [-0.3, -0.25) is 13.5 Å². The van der Waals surface area contributed by atoms with Gasteiger partial charge in [0.15, 0.2) is 6.08 Å². The Bertz CT molecular complexity index is 1730. The van der Waals surface area contributed by atoms with Crippen molar-refractivity contribution in [3.63, 3.8) is 0 Å². The van der Waals surface area contributed by atoms with E-state index in [0.29, 0.717) is 11.1 Å². The van der Waals surface area contributed by atoms with Gasteiger partial charge >= 0.3 is 5.88 Å². The normalized spacial score (nSPS) is 14.6. The summed E-state index contributed by atoms with van der Waals surface area (Å²) in [6.45, 7) is 1.86. The van der Waals surface area contributed by atoms with Crippen LogP contribution in [-0.4, -0.2) is 40.9 Å². The highest BCUT2D eigenvalue weighted by Gasteiger charge is 2.25. The van der Waals surface area contributed by atoms with E-state index in [1.807, 2.05) is 67.6 Å². The van der Waals surface area contributed by atoms with Gasteiger partial charge in [-0.25, -0.2) is 4.39 Å². The van der Waals surface area contributed by atoms with Gasteiger partial charge in [0.05, 0.1) is 6.42 Å². The first-order chi connectivity index (χ1) is 20.3. The van der Waals surface area contributed by atoms with Gasteiger partial charge in [0, 0.05) is 47.2 Å². The minimum Gasteiger partial charge on any atom is -0.598 e. The van der Waals surface area contributed by atoms with E-state index in [-0.39, 0.29) is 31.4 Å². The van der Waals surface area contributed by atoms with Crippen LogP contribution >= 0.6 is 0 Å². The third-order valence-electron chi connectivity index (χ3n) is 6.64. The number of para-hydroxylation sites is 1. The fraction of sp³-hybridized carbons (Fsp3) is 0.161. The van der Waals surface area contributed by atoms with Crippen LogP contribution in [0.1, 0.15) is 30.0 Å². The van der Waals surface area contributed by atoms with E-state index in [0.717, 1.165) is 32.9 Å². The summed E-state index contributed by atoms with van der Waals surface area (Å²) in [7, 11) is -1.08. The number of hydrogen-bond acceptors (Lipinski definition) is 7. The Morgan fingerprint density at radius 3 is 2.64 bits per heavy atom. The van der Waals surface area contributed by atoms with E-state index in [4.69, 9.17) is 9.26 Å². The summed E-state index contributed by atoms with van der Waals surface area (Å²) >= 11 is 0. The lowest BCUT2D eigenvalue weighted by Crippen LogP contribution is -2.31. The summed E-state index contributed by atoms with van der Waals surface area (Å²) in [6.07, 6.45) is 4.17. The summed E-state index contributed by atoms with van der Waals surface area (Å²) in [5, 5.41) is 18.6.